The van der Waals surface area contributed by atoms with E-state index in [1.807, 2.05) is 22.6 Å². The van der Waals surface area contributed by atoms with Gasteiger partial charge in [-0.2, -0.15) is 5.10 Å². The molecule has 6 nitrogen and oxygen atoms in total. The molecule has 1 fully saturated rings. The number of hydrogen-bond acceptors (Lipinski definition) is 3. The highest BCUT2D eigenvalue weighted by atomic mass is 19.1. The molecule has 2 heterocycles. The van der Waals surface area contributed by atoms with Crippen LogP contribution in [0.15, 0.2) is 24.3 Å². The average molecular weight is 413 g/mol. The third-order valence-electron chi connectivity index (χ3n) is 6.57. The standard InChI is InChI=1S/C23H28FN3O3/c1-15-20-9-10-26(22(28)12-16-5-7-18(8-6-16)23(29)30)14-21(20)27(25-15)13-17-3-2-4-19(24)11-17/h2-4,11,16,18H,5-10,12-14H2,1H3,(H,29,30). The van der Waals surface area contributed by atoms with E-state index in [2.05, 4.69) is 5.10 Å². The minimum atomic E-state index is -0.717. The summed E-state index contributed by atoms with van der Waals surface area (Å²) in [7, 11) is 0. The second-order valence-corrected chi connectivity index (χ2v) is 8.62. The molecular weight excluding hydrogens is 385 g/mol. The summed E-state index contributed by atoms with van der Waals surface area (Å²) in [5.41, 5.74) is 4.04. The van der Waals surface area contributed by atoms with E-state index in [1.165, 1.54) is 17.7 Å². The van der Waals surface area contributed by atoms with Gasteiger partial charge in [0.25, 0.3) is 0 Å². The zero-order chi connectivity index (χ0) is 21.3. The summed E-state index contributed by atoms with van der Waals surface area (Å²) in [6.07, 6.45) is 4.20. The van der Waals surface area contributed by atoms with Gasteiger partial charge in [-0.05, 0) is 68.2 Å². The predicted molar refractivity (Wildman–Crippen MR) is 109 cm³/mol. The van der Waals surface area contributed by atoms with Crippen LogP contribution in [0.2, 0.25) is 0 Å². The van der Waals surface area contributed by atoms with Crippen LogP contribution in [-0.4, -0.2) is 38.2 Å². The minimum absolute atomic E-state index is 0.135. The fourth-order valence-electron chi connectivity index (χ4n) is 4.82. The molecule has 1 aromatic heterocycles. The van der Waals surface area contributed by atoms with Gasteiger partial charge in [-0.3, -0.25) is 14.3 Å². The smallest absolute Gasteiger partial charge is 0.306 e. The lowest BCUT2D eigenvalue weighted by Gasteiger charge is -2.31. The molecule has 0 atom stereocenters. The maximum atomic E-state index is 13.6. The number of aliphatic carboxylic acids is 1. The van der Waals surface area contributed by atoms with E-state index in [1.54, 1.807) is 6.07 Å². The number of halogens is 1. The van der Waals surface area contributed by atoms with E-state index in [0.29, 0.717) is 38.9 Å². The fraction of sp³-hybridized carbons (Fsp3) is 0.522. The van der Waals surface area contributed by atoms with Gasteiger partial charge in [0.1, 0.15) is 5.82 Å². The van der Waals surface area contributed by atoms with Crippen LogP contribution in [0.4, 0.5) is 4.39 Å². The SMILES string of the molecule is Cc1nn(Cc2cccc(F)c2)c2c1CCN(C(=O)CC1CCC(C(=O)O)CC1)C2. The highest BCUT2D eigenvalue weighted by Crippen LogP contribution is 2.32. The number of nitrogens with zero attached hydrogens (tertiary/aromatic N) is 3. The predicted octanol–water partition coefficient (Wildman–Crippen LogP) is 3.54. The molecule has 4 rings (SSSR count). The molecule has 0 unspecified atom stereocenters. The van der Waals surface area contributed by atoms with Gasteiger partial charge < -0.3 is 10.0 Å². The van der Waals surface area contributed by atoms with Crippen LogP contribution in [0.25, 0.3) is 0 Å². The van der Waals surface area contributed by atoms with Crippen LogP contribution in [0.3, 0.4) is 0 Å². The number of aryl methyl sites for hydroxylation is 1. The van der Waals surface area contributed by atoms with Crippen molar-refractivity contribution in [1.29, 1.82) is 0 Å². The molecule has 1 aliphatic heterocycles. The van der Waals surface area contributed by atoms with E-state index in [4.69, 9.17) is 5.11 Å². The Morgan fingerprint density at radius 3 is 2.70 bits per heavy atom. The maximum Gasteiger partial charge on any atom is 0.306 e. The van der Waals surface area contributed by atoms with Crippen LogP contribution >= 0.6 is 0 Å². The van der Waals surface area contributed by atoms with Crippen LogP contribution in [0.5, 0.6) is 0 Å². The van der Waals surface area contributed by atoms with Crippen molar-refractivity contribution in [3.8, 4) is 0 Å². The van der Waals surface area contributed by atoms with Crippen LogP contribution in [0.1, 0.15) is 54.6 Å². The normalized spacial score (nSPS) is 21.3. The molecule has 0 radical (unpaired) electrons. The number of fused-ring (bicyclic) bond motifs is 1. The van der Waals surface area contributed by atoms with Crippen molar-refractivity contribution in [2.24, 2.45) is 11.8 Å². The molecule has 0 spiro atoms. The van der Waals surface area contributed by atoms with E-state index >= 15 is 0 Å². The molecule has 2 aromatic rings. The Hall–Kier alpha value is -2.70. The highest BCUT2D eigenvalue weighted by molar-refractivity contribution is 5.77. The number of benzene rings is 1. The van der Waals surface area contributed by atoms with Crippen molar-refractivity contribution < 1.29 is 19.1 Å². The quantitative estimate of drug-likeness (QED) is 0.814. The van der Waals surface area contributed by atoms with Gasteiger partial charge in [-0.1, -0.05) is 12.1 Å². The average Bonchev–Trinajstić information content (AvgIpc) is 3.03. The Morgan fingerprint density at radius 1 is 1.23 bits per heavy atom. The van der Waals surface area contributed by atoms with Crippen molar-refractivity contribution in [2.45, 2.75) is 58.5 Å². The third-order valence-corrected chi connectivity index (χ3v) is 6.57. The van der Waals surface area contributed by atoms with Crippen molar-refractivity contribution in [3.05, 3.63) is 52.6 Å². The highest BCUT2D eigenvalue weighted by Gasteiger charge is 2.30. The summed E-state index contributed by atoms with van der Waals surface area (Å²) in [6, 6.07) is 6.52. The van der Waals surface area contributed by atoms with Gasteiger partial charge in [-0.15, -0.1) is 0 Å². The first-order valence-electron chi connectivity index (χ1n) is 10.7. The molecule has 1 aromatic carbocycles. The molecule has 160 valence electrons. The number of carboxylic acid groups (broad SMARTS) is 1. The molecule has 1 saturated carbocycles. The molecule has 0 bridgehead atoms. The Labute approximate surface area is 175 Å². The zero-order valence-corrected chi connectivity index (χ0v) is 17.3. The zero-order valence-electron chi connectivity index (χ0n) is 17.3. The summed E-state index contributed by atoms with van der Waals surface area (Å²) in [4.78, 5) is 26.0. The van der Waals surface area contributed by atoms with E-state index in [0.717, 1.165) is 36.2 Å². The lowest BCUT2D eigenvalue weighted by Crippen LogP contribution is -2.38. The monoisotopic (exact) mass is 413 g/mol. The largest absolute Gasteiger partial charge is 0.481 e. The molecule has 0 saturated heterocycles. The first-order chi connectivity index (χ1) is 14.4. The Balaban J connectivity index is 1.41. The third kappa shape index (κ3) is 4.40. The summed E-state index contributed by atoms with van der Waals surface area (Å²) < 4.78 is 15.5. The summed E-state index contributed by atoms with van der Waals surface area (Å²) >= 11 is 0. The van der Waals surface area contributed by atoms with Crippen molar-refractivity contribution in [3.63, 3.8) is 0 Å². The Bertz CT molecular complexity index is 947. The first-order valence-corrected chi connectivity index (χ1v) is 10.7. The van der Waals surface area contributed by atoms with Crippen molar-refractivity contribution in [1.82, 2.24) is 14.7 Å². The minimum Gasteiger partial charge on any atom is -0.481 e. The Kier molecular flexibility index (Phi) is 5.88. The van der Waals surface area contributed by atoms with Crippen LogP contribution < -0.4 is 0 Å². The fourth-order valence-corrected chi connectivity index (χ4v) is 4.82. The Morgan fingerprint density at radius 2 is 2.00 bits per heavy atom. The van der Waals surface area contributed by atoms with Gasteiger partial charge >= 0.3 is 5.97 Å². The lowest BCUT2D eigenvalue weighted by atomic mass is 9.80. The topological polar surface area (TPSA) is 75.4 Å². The second-order valence-electron chi connectivity index (χ2n) is 8.62. The lowest BCUT2D eigenvalue weighted by molar-refractivity contribution is -0.143. The van der Waals surface area contributed by atoms with Gasteiger partial charge in [-0.25, -0.2) is 4.39 Å². The number of carbonyl (C=O) groups excluding carboxylic acids is 1. The van der Waals surface area contributed by atoms with Crippen LogP contribution in [0, 0.1) is 24.6 Å². The number of carbonyl (C=O) groups is 2. The van der Waals surface area contributed by atoms with Gasteiger partial charge in [0, 0.05) is 13.0 Å². The molecule has 1 amide bonds. The number of carboxylic acids is 1. The van der Waals surface area contributed by atoms with Gasteiger partial charge in [0.2, 0.25) is 5.91 Å². The summed E-state index contributed by atoms with van der Waals surface area (Å²) in [6.45, 7) is 3.67. The van der Waals surface area contributed by atoms with Crippen molar-refractivity contribution in [2.75, 3.05) is 6.54 Å². The number of hydrogen-bond donors (Lipinski definition) is 1. The number of aromatic nitrogens is 2. The molecule has 30 heavy (non-hydrogen) atoms. The summed E-state index contributed by atoms with van der Waals surface area (Å²) in [5, 5.41) is 13.8. The first kappa shape index (κ1) is 20.6. The van der Waals surface area contributed by atoms with Gasteiger partial charge in [0.15, 0.2) is 0 Å². The molecule has 1 N–H and O–H groups in total. The molecule has 7 heteroatoms. The maximum absolute atomic E-state index is 13.6. The van der Waals surface area contributed by atoms with Crippen molar-refractivity contribution >= 4 is 11.9 Å². The molecular formula is C23H28FN3O3. The van der Waals surface area contributed by atoms with Gasteiger partial charge in [0.05, 0.1) is 30.4 Å². The molecule has 2 aliphatic rings. The number of amides is 1. The van der Waals surface area contributed by atoms with E-state index in [9.17, 15) is 14.0 Å². The summed E-state index contributed by atoms with van der Waals surface area (Å²) in [5.74, 6) is -0.831. The van der Waals surface area contributed by atoms with E-state index < -0.39 is 5.97 Å². The number of rotatable bonds is 5. The van der Waals surface area contributed by atoms with E-state index in [-0.39, 0.29) is 23.6 Å². The van der Waals surface area contributed by atoms with Crippen LogP contribution in [-0.2, 0) is 29.1 Å². The molecule has 1 aliphatic carbocycles. The second kappa shape index (κ2) is 8.58.